The normalized spacial score (nSPS) is 19.3. The summed E-state index contributed by atoms with van der Waals surface area (Å²) in [4.78, 5) is 4.53. The molecule has 1 fully saturated rings. The largest absolute Gasteiger partial charge is 0.381 e. The topological polar surface area (TPSA) is 74.2 Å². The summed E-state index contributed by atoms with van der Waals surface area (Å²) in [7, 11) is 0. The van der Waals surface area contributed by atoms with Crippen LogP contribution in [-0.4, -0.2) is 29.9 Å². The fraction of sp³-hybridized carbons (Fsp3) is 0.833. The van der Waals surface area contributed by atoms with E-state index in [0.29, 0.717) is 25.6 Å². The number of halogens is 1. The summed E-state index contributed by atoms with van der Waals surface area (Å²) in [6.07, 6.45) is 1.71. The summed E-state index contributed by atoms with van der Waals surface area (Å²) < 4.78 is 10.8. The molecule has 104 valence electrons. The van der Waals surface area contributed by atoms with E-state index < -0.39 is 0 Å². The van der Waals surface area contributed by atoms with E-state index in [1.165, 1.54) is 0 Å². The van der Waals surface area contributed by atoms with Crippen LogP contribution in [0.15, 0.2) is 4.52 Å². The smallest absolute Gasteiger partial charge is 0.234 e. The maximum Gasteiger partial charge on any atom is 0.234 e. The highest BCUT2D eigenvalue weighted by Crippen LogP contribution is 2.33. The number of aromatic nitrogens is 2. The molecule has 0 unspecified atom stereocenters. The number of rotatable bonds is 2. The minimum Gasteiger partial charge on any atom is -0.381 e. The van der Waals surface area contributed by atoms with Crippen LogP contribution < -0.4 is 5.73 Å². The standard InChI is InChI=1S/C12H21N3O2.ClH/c1-11(2,3)9-14-10(17-15-9)12(8-13)4-6-16-7-5-12;/h4-8,13H2,1-3H3;1H. The third-order valence-electron chi connectivity index (χ3n) is 3.39. The van der Waals surface area contributed by atoms with E-state index in [1.807, 2.05) is 0 Å². The van der Waals surface area contributed by atoms with E-state index in [2.05, 4.69) is 30.9 Å². The van der Waals surface area contributed by atoms with Crippen molar-refractivity contribution in [1.82, 2.24) is 10.1 Å². The molecule has 2 N–H and O–H groups in total. The average Bonchev–Trinajstić information content (AvgIpc) is 2.79. The third kappa shape index (κ3) is 2.84. The van der Waals surface area contributed by atoms with Crippen molar-refractivity contribution < 1.29 is 9.26 Å². The molecule has 2 rings (SSSR count). The van der Waals surface area contributed by atoms with Crippen LogP contribution in [0.1, 0.15) is 45.3 Å². The van der Waals surface area contributed by atoms with Gasteiger partial charge < -0.3 is 15.0 Å². The molecule has 0 atom stereocenters. The van der Waals surface area contributed by atoms with Gasteiger partial charge in [-0.15, -0.1) is 12.4 Å². The van der Waals surface area contributed by atoms with Gasteiger partial charge in [0.15, 0.2) is 5.82 Å². The van der Waals surface area contributed by atoms with Gasteiger partial charge in [-0.1, -0.05) is 25.9 Å². The predicted octanol–water partition coefficient (Wildman–Crippen LogP) is 1.80. The number of nitrogens with two attached hydrogens (primary N) is 1. The van der Waals surface area contributed by atoms with Crippen LogP contribution in [0, 0.1) is 0 Å². The molecule has 5 nitrogen and oxygen atoms in total. The molecule has 6 heteroatoms. The lowest BCUT2D eigenvalue weighted by Crippen LogP contribution is -2.41. The molecule has 1 aromatic heterocycles. The van der Waals surface area contributed by atoms with E-state index in [4.69, 9.17) is 15.0 Å². The lowest BCUT2D eigenvalue weighted by Gasteiger charge is -2.32. The minimum absolute atomic E-state index is 0. The van der Waals surface area contributed by atoms with Crippen molar-refractivity contribution in [3.8, 4) is 0 Å². The number of ether oxygens (including phenoxy) is 1. The van der Waals surface area contributed by atoms with Gasteiger partial charge in [0.05, 0.1) is 5.41 Å². The lowest BCUT2D eigenvalue weighted by atomic mass is 9.80. The molecular weight excluding hydrogens is 254 g/mol. The molecule has 0 bridgehead atoms. The van der Waals surface area contributed by atoms with Crippen molar-refractivity contribution in [3.05, 3.63) is 11.7 Å². The van der Waals surface area contributed by atoms with Crippen molar-refractivity contribution in [2.45, 2.75) is 44.4 Å². The van der Waals surface area contributed by atoms with Crippen LogP contribution in [0.4, 0.5) is 0 Å². The van der Waals surface area contributed by atoms with Crippen LogP contribution in [0.25, 0.3) is 0 Å². The Kier molecular flexibility index (Phi) is 4.75. The van der Waals surface area contributed by atoms with E-state index in [1.54, 1.807) is 0 Å². The fourth-order valence-corrected chi connectivity index (χ4v) is 2.01. The first-order valence-electron chi connectivity index (χ1n) is 6.10. The Bertz CT molecular complexity index is 381. The van der Waals surface area contributed by atoms with Gasteiger partial charge in [0, 0.05) is 25.2 Å². The summed E-state index contributed by atoms with van der Waals surface area (Å²) in [5.41, 5.74) is 5.62. The summed E-state index contributed by atoms with van der Waals surface area (Å²) in [6, 6.07) is 0. The number of nitrogens with zero attached hydrogens (tertiary/aromatic N) is 2. The van der Waals surface area contributed by atoms with Crippen molar-refractivity contribution in [2.75, 3.05) is 19.8 Å². The lowest BCUT2D eigenvalue weighted by molar-refractivity contribution is 0.0409. The van der Waals surface area contributed by atoms with E-state index in [9.17, 15) is 0 Å². The van der Waals surface area contributed by atoms with Gasteiger partial charge in [-0.2, -0.15) is 4.98 Å². The first-order valence-corrected chi connectivity index (χ1v) is 6.10. The van der Waals surface area contributed by atoms with Crippen LogP contribution >= 0.6 is 12.4 Å². The van der Waals surface area contributed by atoms with Crippen molar-refractivity contribution in [1.29, 1.82) is 0 Å². The quantitative estimate of drug-likeness (QED) is 0.891. The zero-order valence-electron chi connectivity index (χ0n) is 11.2. The van der Waals surface area contributed by atoms with Gasteiger partial charge in [0.2, 0.25) is 5.89 Å². The van der Waals surface area contributed by atoms with E-state index in [0.717, 1.165) is 18.7 Å². The molecule has 0 spiro atoms. The van der Waals surface area contributed by atoms with Gasteiger partial charge in [-0.05, 0) is 12.8 Å². The van der Waals surface area contributed by atoms with Gasteiger partial charge in [-0.3, -0.25) is 0 Å². The van der Waals surface area contributed by atoms with Crippen LogP contribution in [0.3, 0.4) is 0 Å². The van der Waals surface area contributed by atoms with Crippen molar-refractivity contribution in [3.63, 3.8) is 0 Å². The molecular formula is C12H22ClN3O2. The van der Waals surface area contributed by atoms with Crippen LogP contribution in [0.5, 0.6) is 0 Å². The summed E-state index contributed by atoms with van der Waals surface area (Å²) in [5.74, 6) is 1.42. The van der Waals surface area contributed by atoms with Crippen LogP contribution in [0.2, 0.25) is 0 Å². The SMILES string of the molecule is CC(C)(C)c1noc(C2(CN)CCOCC2)n1.Cl. The van der Waals surface area contributed by atoms with Gasteiger partial charge in [0.1, 0.15) is 0 Å². The fourth-order valence-electron chi connectivity index (χ4n) is 2.01. The molecule has 2 heterocycles. The zero-order chi connectivity index (χ0) is 12.5. The first-order chi connectivity index (χ1) is 7.98. The molecule has 1 saturated heterocycles. The number of hydrogen-bond acceptors (Lipinski definition) is 5. The van der Waals surface area contributed by atoms with E-state index >= 15 is 0 Å². The Morgan fingerprint density at radius 3 is 2.33 bits per heavy atom. The molecule has 0 radical (unpaired) electrons. The van der Waals surface area contributed by atoms with Gasteiger partial charge in [-0.25, -0.2) is 0 Å². The summed E-state index contributed by atoms with van der Waals surface area (Å²) in [5, 5.41) is 4.07. The Labute approximate surface area is 114 Å². The molecule has 0 saturated carbocycles. The Morgan fingerprint density at radius 1 is 1.28 bits per heavy atom. The average molecular weight is 276 g/mol. The molecule has 0 amide bonds. The summed E-state index contributed by atoms with van der Waals surface area (Å²) >= 11 is 0. The van der Waals surface area contributed by atoms with Gasteiger partial charge in [0.25, 0.3) is 0 Å². The molecule has 18 heavy (non-hydrogen) atoms. The second-order valence-electron chi connectivity index (χ2n) is 5.77. The maximum absolute atomic E-state index is 5.91. The van der Waals surface area contributed by atoms with Crippen molar-refractivity contribution >= 4 is 12.4 Å². The Morgan fingerprint density at radius 2 is 1.89 bits per heavy atom. The zero-order valence-corrected chi connectivity index (χ0v) is 12.0. The van der Waals surface area contributed by atoms with Gasteiger partial charge >= 0.3 is 0 Å². The third-order valence-corrected chi connectivity index (χ3v) is 3.39. The monoisotopic (exact) mass is 275 g/mol. The second kappa shape index (κ2) is 5.55. The second-order valence-corrected chi connectivity index (χ2v) is 5.77. The number of hydrogen-bond donors (Lipinski definition) is 1. The maximum atomic E-state index is 5.91. The molecule has 0 aromatic carbocycles. The highest BCUT2D eigenvalue weighted by Gasteiger charge is 2.39. The Balaban J connectivity index is 0.00000162. The summed E-state index contributed by atoms with van der Waals surface area (Å²) in [6.45, 7) is 8.17. The molecule has 1 aromatic rings. The molecule has 1 aliphatic heterocycles. The van der Waals surface area contributed by atoms with E-state index in [-0.39, 0.29) is 23.2 Å². The first kappa shape index (κ1) is 15.4. The van der Waals surface area contributed by atoms with Crippen LogP contribution in [-0.2, 0) is 15.6 Å². The highest BCUT2D eigenvalue weighted by molar-refractivity contribution is 5.85. The highest BCUT2D eigenvalue weighted by atomic mass is 35.5. The Hall–Kier alpha value is -0.650. The minimum atomic E-state index is -0.186. The van der Waals surface area contributed by atoms with Crippen molar-refractivity contribution in [2.24, 2.45) is 5.73 Å². The molecule has 0 aliphatic carbocycles. The molecule has 1 aliphatic rings. The predicted molar refractivity (Wildman–Crippen MR) is 71.0 cm³/mol.